The molecule has 0 bridgehead atoms. The molecule has 0 atom stereocenters. The van der Waals surface area contributed by atoms with Crippen LogP contribution in [0.2, 0.25) is 0 Å². The van der Waals surface area contributed by atoms with E-state index in [1.165, 1.54) is 0 Å². The Morgan fingerprint density at radius 3 is 2.38 bits per heavy atom. The van der Waals surface area contributed by atoms with E-state index < -0.39 is 11.5 Å². The van der Waals surface area contributed by atoms with Crippen molar-refractivity contribution in [3.8, 4) is 0 Å². The maximum atomic E-state index is 12.5. The van der Waals surface area contributed by atoms with Crippen LogP contribution >= 0.6 is 38.5 Å². The molecule has 1 amide bonds. The lowest BCUT2D eigenvalue weighted by Gasteiger charge is -2.29. The van der Waals surface area contributed by atoms with Crippen LogP contribution in [0.5, 0.6) is 0 Å². The van der Waals surface area contributed by atoms with Crippen LogP contribution in [0.25, 0.3) is 0 Å². The minimum atomic E-state index is -1.13. The van der Waals surface area contributed by atoms with E-state index >= 15 is 0 Å². The maximum Gasteiger partial charge on any atom is 0.329 e. The Bertz CT molecular complexity index is 554. The van der Waals surface area contributed by atoms with Gasteiger partial charge in [-0.3, -0.25) is 4.79 Å². The molecule has 0 radical (unpaired) electrons. The normalized spacial score (nSPS) is 17.8. The summed E-state index contributed by atoms with van der Waals surface area (Å²) in [4.78, 5) is 24.2. The van der Waals surface area contributed by atoms with E-state index in [9.17, 15) is 14.7 Å². The summed E-state index contributed by atoms with van der Waals surface area (Å²) < 4.78 is 1.61. The Morgan fingerprint density at radius 1 is 1.19 bits per heavy atom. The van der Waals surface area contributed by atoms with Crippen LogP contribution in [-0.4, -0.2) is 22.5 Å². The minimum absolute atomic E-state index is 0.329. The number of benzene rings is 1. The number of nitrogens with one attached hydrogen (secondary N) is 1. The van der Waals surface area contributed by atoms with Crippen LogP contribution in [0.15, 0.2) is 22.7 Å². The maximum absolute atomic E-state index is 12.5. The molecule has 0 heterocycles. The molecule has 2 rings (SSSR count). The summed E-state index contributed by atoms with van der Waals surface area (Å²) in [6.07, 6.45) is 4.71. The average Bonchev–Trinajstić information content (AvgIpc) is 2.68. The highest BCUT2D eigenvalue weighted by Gasteiger charge is 2.40. The Balaban J connectivity index is 2.26. The molecule has 6 heteroatoms. The van der Waals surface area contributed by atoms with Crippen molar-refractivity contribution in [3.63, 3.8) is 0 Å². The smallest absolute Gasteiger partial charge is 0.329 e. The van der Waals surface area contributed by atoms with E-state index in [4.69, 9.17) is 0 Å². The fraction of sp³-hybridized carbons (Fsp3) is 0.467. The van der Waals surface area contributed by atoms with Crippen molar-refractivity contribution >= 4 is 50.4 Å². The molecule has 4 nitrogen and oxygen atoms in total. The SMILES string of the molecule is O=C(NC1(C(=O)O)CCCCCC1)c1cc(I)ccc1Br. The lowest BCUT2D eigenvalue weighted by atomic mass is 9.90. The van der Waals surface area contributed by atoms with E-state index in [1.807, 2.05) is 6.07 Å². The molecule has 0 aliphatic heterocycles. The summed E-state index contributed by atoms with van der Waals surface area (Å²) in [6.45, 7) is 0. The topological polar surface area (TPSA) is 66.4 Å². The van der Waals surface area contributed by atoms with Gasteiger partial charge in [0.1, 0.15) is 5.54 Å². The molecular formula is C15H17BrINO3. The number of rotatable bonds is 3. The number of hydrogen-bond donors (Lipinski definition) is 2. The molecule has 0 unspecified atom stereocenters. The second-order valence-electron chi connectivity index (χ2n) is 5.38. The zero-order chi connectivity index (χ0) is 15.5. The summed E-state index contributed by atoms with van der Waals surface area (Å²) in [5.74, 6) is -1.26. The first-order valence-corrected chi connectivity index (χ1v) is 8.83. The van der Waals surface area contributed by atoms with Crippen molar-refractivity contribution in [1.82, 2.24) is 5.32 Å². The molecule has 0 spiro atoms. The van der Waals surface area contributed by atoms with Crippen LogP contribution < -0.4 is 5.32 Å². The highest BCUT2D eigenvalue weighted by Crippen LogP contribution is 2.29. The van der Waals surface area contributed by atoms with Crippen molar-refractivity contribution in [2.24, 2.45) is 0 Å². The number of carbonyl (C=O) groups excluding carboxylic acids is 1. The summed E-state index contributed by atoms with van der Waals surface area (Å²) in [7, 11) is 0. The molecule has 1 fully saturated rings. The van der Waals surface area contributed by atoms with Gasteiger partial charge in [0, 0.05) is 8.04 Å². The second-order valence-corrected chi connectivity index (χ2v) is 7.48. The van der Waals surface area contributed by atoms with Gasteiger partial charge in [0.2, 0.25) is 0 Å². The predicted octanol–water partition coefficient (Wildman–Crippen LogP) is 3.96. The monoisotopic (exact) mass is 465 g/mol. The van der Waals surface area contributed by atoms with Gasteiger partial charge in [-0.2, -0.15) is 0 Å². The highest BCUT2D eigenvalue weighted by atomic mass is 127. The molecular weight excluding hydrogens is 449 g/mol. The van der Waals surface area contributed by atoms with Gasteiger partial charge in [-0.15, -0.1) is 0 Å². The van der Waals surface area contributed by atoms with Crippen molar-refractivity contribution in [2.45, 2.75) is 44.1 Å². The highest BCUT2D eigenvalue weighted by molar-refractivity contribution is 14.1. The molecule has 1 aliphatic rings. The average molecular weight is 466 g/mol. The van der Waals surface area contributed by atoms with Gasteiger partial charge in [0.15, 0.2) is 0 Å². The van der Waals surface area contributed by atoms with E-state index in [0.29, 0.717) is 22.9 Å². The fourth-order valence-electron chi connectivity index (χ4n) is 2.68. The zero-order valence-electron chi connectivity index (χ0n) is 11.5. The first kappa shape index (κ1) is 16.7. The lowest BCUT2D eigenvalue weighted by Crippen LogP contribution is -2.54. The number of carbonyl (C=O) groups is 2. The number of halogens is 2. The molecule has 114 valence electrons. The molecule has 2 N–H and O–H groups in total. The summed E-state index contributed by atoms with van der Waals surface area (Å²) in [5.41, 5.74) is -0.652. The summed E-state index contributed by atoms with van der Waals surface area (Å²) in [5, 5.41) is 12.4. The Hall–Kier alpha value is -0.630. The molecule has 1 aromatic carbocycles. The molecule has 21 heavy (non-hydrogen) atoms. The molecule has 0 saturated heterocycles. The first-order valence-electron chi connectivity index (χ1n) is 6.95. The van der Waals surface area contributed by atoms with Gasteiger partial charge >= 0.3 is 5.97 Å². The van der Waals surface area contributed by atoms with Gasteiger partial charge in [0.25, 0.3) is 5.91 Å². The third-order valence-electron chi connectivity index (χ3n) is 3.89. The van der Waals surface area contributed by atoms with Gasteiger partial charge in [-0.05, 0) is 69.6 Å². The van der Waals surface area contributed by atoms with Gasteiger partial charge < -0.3 is 10.4 Å². The standard InChI is InChI=1S/C15H17BrINO3/c16-12-6-5-10(17)9-11(12)13(19)18-15(14(20)21)7-3-1-2-4-8-15/h5-6,9H,1-4,7-8H2,(H,18,19)(H,20,21). The van der Waals surface area contributed by atoms with E-state index in [1.54, 1.807) is 12.1 Å². The minimum Gasteiger partial charge on any atom is -0.480 e. The van der Waals surface area contributed by atoms with Crippen molar-refractivity contribution in [3.05, 3.63) is 31.8 Å². The number of amides is 1. The Labute approximate surface area is 146 Å². The zero-order valence-corrected chi connectivity index (χ0v) is 15.2. The van der Waals surface area contributed by atoms with Crippen LogP contribution in [0, 0.1) is 3.57 Å². The molecule has 0 aromatic heterocycles. The van der Waals surface area contributed by atoms with E-state index in [0.717, 1.165) is 29.3 Å². The molecule has 1 aromatic rings. The Kier molecular flexibility index (Phi) is 5.65. The van der Waals surface area contributed by atoms with E-state index in [-0.39, 0.29) is 5.91 Å². The van der Waals surface area contributed by atoms with Crippen LogP contribution in [0.1, 0.15) is 48.9 Å². The van der Waals surface area contributed by atoms with Crippen LogP contribution in [-0.2, 0) is 4.79 Å². The lowest BCUT2D eigenvalue weighted by molar-refractivity contribution is -0.145. The third kappa shape index (κ3) is 3.97. The fourth-order valence-corrected chi connectivity index (χ4v) is 3.60. The van der Waals surface area contributed by atoms with Gasteiger partial charge in [0.05, 0.1) is 5.56 Å². The number of carboxylic acid groups (broad SMARTS) is 1. The Morgan fingerprint density at radius 2 is 1.81 bits per heavy atom. The quantitative estimate of drug-likeness (QED) is 0.524. The number of aliphatic carboxylic acids is 1. The number of hydrogen-bond acceptors (Lipinski definition) is 2. The van der Waals surface area contributed by atoms with Crippen LogP contribution in [0.3, 0.4) is 0 Å². The van der Waals surface area contributed by atoms with Crippen molar-refractivity contribution in [2.75, 3.05) is 0 Å². The molecule has 1 saturated carbocycles. The second kappa shape index (κ2) is 7.09. The van der Waals surface area contributed by atoms with Crippen molar-refractivity contribution < 1.29 is 14.7 Å². The summed E-state index contributed by atoms with van der Waals surface area (Å²) >= 11 is 5.49. The molecule has 1 aliphatic carbocycles. The number of carboxylic acids is 1. The van der Waals surface area contributed by atoms with Crippen LogP contribution in [0.4, 0.5) is 0 Å². The largest absolute Gasteiger partial charge is 0.480 e. The third-order valence-corrected chi connectivity index (χ3v) is 5.25. The predicted molar refractivity (Wildman–Crippen MR) is 92.4 cm³/mol. The van der Waals surface area contributed by atoms with E-state index in [2.05, 4.69) is 43.8 Å². The first-order chi connectivity index (χ1) is 9.94. The van der Waals surface area contributed by atoms with Gasteiger partial charge in [-0.1, -0.05) is 25.7 Å². The van der Waals surface area contributed by atoms with Crippen molar-refractivity contribution in [1.29, 1.82) is 0 Å². The van der Waals surface area contributed by atoms with Gasteiger partial charge in [-0.25, -0.2) is 4.79 Å². The summed E-state index contributed by atoms with van der Waals surface area (Å²) in [6, 6.07) is 5.45.